The van der Waals surface area contributed by atoms with Gasteiger partial charge in [-0.3, -0.25) is 0 Å². The third kappa shape index (κ3) is 6.74. The number of fused-ring (bicyclic) bond motifs is 1. The van der Waals surface area contributed by atoms with E-state index in [-0.39, 0.29) is 29.4 Å². The maximum atomic E-state index is 13.2. The average molecular weight is 653 g/mol. The molecule has 5 rings (SSSR count). The van der Waals surface area contributed by atoms with Crippen LogP contribution in [0, 0.1) is 5.41 Å². The van der Waals surface area contributed by atoms with Crippen LogP contribution in [0.5, 0.6) is 11.8 Å². The van der Waals surface area contributed by atoms with Crippen LogP contribution in [0.15, 0.2) is 17.1 Å². The lowest BCUT2D eigenvalue weighted by molar-refractivity contribution is -0.0434. The van der Waals surface area contributed by atoms with E-state index in [0.717, 1.165) is 38.8 Å². The summed E-state index contributed by atoms with van der Waals surface area (Å²) in [6.45, 7) is 13.3. The Morgan fingerprint density at radius 3 is 2.45 bits per heavy atom. The summed E-state index contributed by atoms with van der Waals surface area (Å²) >= 11 is 3.53. The summed E-state index contributed by atoms with van der Waals surface area (Å²) in [4.78, 5) is 28.4. The minimum absolute atomic E-state index is 0.0359. The molecule has 1 aromatic carbocycles. The molecular weight excluding hydrogens is 612 g/mol. The molecule has 0 N–H and O–H groups in total. The molecule has 9 nitrogen and oxygen atoms in total. The zero-order valence-corrected chi connectivity index (χ0v) is 26.4. The molecule has 0 bridgehead atoms. The number of nitrogens with zero attached hydrogens (tertiary/aromatic N) is 5. The topological polar surface area (TPSA) is 80.3 Å². The van der Waals surface area contributed by atoms with Crippen molar-refractivity contribution in [2.75, 3.05) is 57.8 Å². The molecule has 3 saturated heterocycles. The predicted molar refractivity (Wildman–Crippen MR) is 162 cm³/mol. The van der Waals surface area contributed by atoms with Crippen LogP contribution in [0.25, 0.3) is 17.0 Å². The van der Waals surface area contributed by atoms with E-state index in [4.69, 9.17) is 24.2 Å². The Balaban J connectivity index is 1.43. The first-order valence-corrected chi connectivity index (χ1v) is 15.3. The molecule has 1 aromatic heterocycles. The number of piperidine rings is 2. The number of ether oxygens (including phenoxy) is 3. The number of aromatic nitrogens is 2. The van der Waals surface area contributed by atoms with Gasteiger partial charge in [0.15, 0.2) is 5.75 Å². The summed E-state index contributed by atoms with van der Waals surface area (Å²) < 4.78 is 44.4. The smallest absolute Gasteiger partial charge is 0.410 e. The Bertz CT molecular complexity index is 1310. The van der Waals surface area contributed by atoms with E-state index < -0.39 is 18.6 Å². The summed E-state index contributed by atoms with van der Waals surface area (Å²) in [7, 11) is 2.08. The number of hydrogen-bond acceptors (Lipinski definition) is 8. The molecule has 0 saturated carbocycles. The fraction of sp³-hybridized carbons (Fsp3) is 0.633. The number of carbonyl (C=O) groups is 1. The van der Waals surface area contributed by atoms with Crippen molar-refractivity contribution in [1.82, 2.24) is 19.8 Å². The van der Waals surface area contributed by atoms with Crippen molar-refractivity contribution >= 4 is 44.8 Å². The van der Waals surface area contributed by atoms with Gasteiger partial charge in [0.25, 0.3) is 6.43 Å². The number of likely N-dealkylation sites (tertiary alicyclic amines) is 2. The van der Waals surface area contributed by atoms with Crippen molar-refractivity contribution in [1.29, 1.82) is 0 Å². The van der Waals surface area contributed by atoms with Crippen LogP contribution in [0.1, 0.15) is 52.0 Å². The van der Waals surface area contributed by atoms with Gasteiger partial charge < -0.3 is 28.9 Å². The Morgan fingerprint density at radius 2 is 1.86 bits per heavy atom. The summed E-state index contributed by atoms with van der Waals surface area (Å²) in [6.07, 6.45) is 2.15. The quantitative estimate of drug-likeness (QED) is 0.361. The van der Waals surface area contributed by atoms with E-state index in [9.17, 15) is 13.6 Å². The van der Waals surface area contributed by atoms with Crippen molar-refractivity contribution in [2.24, 2.45) is 5.41 Å². The van der Waals surface area contributed by atoms with Gasteiger partial charge in [-0.2, -0.15) is 9.97 Å². The fourth-order valence-corrected chi connectivity index (χ4v) is 6.48. The summed E-state index contributed by atoms with van der Waals surface area (Å²) in [5.41, 5.74) is 0.633. The van der Waals surface area contributed by atoms with E-state index in [0.29, 0.717) is 52.9 Å². The molecule has 230 valence electrons. The monoisotopic (exact) mass is 651 g/mol. The molecule has 42 heavy (non-hydrogen) atoms. The van der Waals surface area contributed by atoms with Gasteiger partial charge in [0, 0.05) is 50.1 Å². The van der Waals surface area contributed by atoms with E-state index in [1.807, 2.05) is 26.8 Å². The molecule has 4 heterocycles. The van der Waals surface area contributed by atoms with E-state index >= 15 is 0 Å². The second kappa shape index (κ2) is 12.1. The predicted octanol–water partition coefficient (Wildman–Crippen LogP) is 5.99. The van der Waals surface area contributed by atoms with Gasteiger partial charge in [-0.05, 0) is 81.1 Å². The standard InChI is InChI=1S/C30H40BrF2N5O4/c1-6-19-15-21-24(25(23(19)31)40-16-22(32)33)34-27(41-20-7-11-36(5)12-8-20)35-26(21)37-13-9-30(10-14-37)17-38(18-30)28(39)42-29(2,3)4/h6,15,20,22H,1,7-14,16-18H2,2-5H3. The molecule has 0 atom stereocenters. The molecule has 1 amide bonds. The van der Waals surface area contributed by atoms with Gasteiger partial charge in [0.1, 0.15) is 29.6 Å². The lowest BCUT2D eigenvalue weighted by Crippen LogP contribution is -2.62. The number of alkyl halides is 2. The fourth-order valence-electron chi connectivity index (χ4n) is 5.90. The van der Waals surface area contributed by atoms with Crippen molar-refractivity contribution in [3.8, 4) is 11.8 Å². The SMILES string of the molecule is C=Cc1cc2c(N3CCC4(CC3)CN(C(=O)OC(C)(C)C)C4)nc(OC3CCN(C)CC3)nc2c(OCC(F)F)c1Br. The Hall–Kier alpha value is -2.73. The highest BCUT2D eigenvalue weighted by Crippen LogP contribution is 2.45. The zero-order valence-electron chi connectivity index (χ0n) is 24.8. The molecule has 3 fully saturated rings. The van der Waals surface area contributed by atoms with Gasteiger partial charge in [-0.1, -0.05) is 12.7 Å². The highest BCUT2D eigenvalue weighted by molar-refractivity contribution is 9.10. The van der Waals surface area contributed by atoms with Crippen molar-refractivity contribution < 1.29 is 27.8 Å². The van der Waals surface area contributed by atoms with Crippen LogP contribution in [0.4, 0.5) is 19.4 Å². The second-order valence-electron chi connectivity index (χ2n) is 12.7. The number of benzene rings is 1. The second-order valence-corrected chi connectivity index (χ2v) is 13.5. The minimum atomic E-state index is -2.64. The maximum Gasteiger partial charge on any atom is 0.410 e. The Morgan fingerprint density at radius 1 is 1.19 bits per heavy atom. The number of hydrogen-bond donors (Lipinski definition) is 0. The largest absolute Gasteiger partial charge is 0.484 e. The molecule has 0 unspecified atom stereocenters. The third-order valence-corrected chi connectivity index (χ3v) is 9.03. The lowest BCUT2D eigenvalue weighted by Gasteiger charge is -2.53. The van der Waals surface area contributed by atoms with Gasteiger partial charge in [-0.25, -0.2) is 13.6 Å². The first-order chi connectivity index (χ1) is 19.9. The molecule has 12 heteroatoms. The van der Waals surface area contributed by atoms with E-state index in [1.54, 1.807) is 11.0 Å². The highest BCUT2D eigenvalue weighted by Gasteiger charge is 2.48. The van der Waals surface area contributed by atoms with E-state index in [2.05, 4.69) is 39.4 Å². The van der Waals surface area contributed by atoms with Gasteiger partial charge in [-0.15, -0.1) is 0 Å². The molecule has 3 aliphatic heterocycles. The Labute approximate surface area is 254 Å². The average Bonchev–Trinajstić information content (AvgIpc) is 2.91. The van der Waals surface area contributed by atoms with Crippen LogP contribution in [-0.4, -0.2) is 96.9 Å². The highest BCUT2D eigenvalue weighted by atomic mass is 79.9. The van der Waals surface area contributed by atoms with Gasteiger partial charge in [0.05, 0.1) is 4.47 Å². The van der Waals surface area contributed by atoms with E-state index in [1.165, 1.54) is 0 Å². The van der Waals surface area contributed by atoms with Crippen LogP contribution < -0.4 is 14.4 Å². The van der Waals surface area contributed by atoms with Crippen molar-refractivity contribution in [3.05, 3.63) is 22.7 Å². The summed E-state index contributed by atoms with van der Waals surface area (Å²) in [5.74, 6) is 0.902. The number of anilines is 1. The molecule has 2 aromatic rings. The number of amides is 1. The van der Waals surface area contributed by atoms with Crippen LogP contribution >= 0.6 is 15.9 Å². The molecule has 1 spiro atoms. The van der Waals surface area contributed by atoms with Crippen LogP contribution in [0.3, 0.4) is 0 Å². The van der Waals surface area contributed by atoms with Gasteiger partial charge in [0.2, 0.25) is 0 Å². The van der Waals surface area contributed by atoms with Crippen molar-refractivity contribution in [2.45, 2.75) is 64.6 Å². The van der Waals surface area contributed by atoms with Crippen LogP contribution in [0.2, 0.25) is 0 Å². The van der Waals surface area contributed by atoms with Crippen molar-refractivity contribution in [3.63, 3.8) is 0 Å². The van der Waals surface area contributed by atoms with Gasteiger partial charge >= 0.3 is 12.1 Å². The molecule has 0 radical (unpaired) electrons. The number of rotatable bonds is 7. The van der Waals surface area contributed by atoms with Crippen LogP contribution in [-0.2, 0) is 4.74 Å². The maximum absolute atomic E-state index is 13.2. The zero-order chi connectivity index (χ0) is 30.2. The number of carbonyl (C=O) groups excluding carboxylic acids is 1. The minimum Gasteiger partial charge on any atom is -0.484 e. The summed E-state index contributed by atoms with van der Waals surface area (Å²) in [6, 6.07) is 2.13. The molecule has 0 aliphatic carbocycles. The molecule has 3 aliphatic rings. The molecular formula is C30H40BrF2N5O4. The normalized spacial score (nSPS) is 19.7. The summed E-state index contributed by atoms with van der Waals surface area (Å²) in [5, 5.41) is 0.688. The lowest BCUT2D eigenvalue weighted by atomic mass is 9.72. The first kappa shape index (κ1) is 30.7. The Kier molecular flexibility index (Phi) is 8.85. The third-order valence-electron chi connectivity index (χ3n) is 8.21. The number of halogens is 3. The first-order valence-electron chi connectivity index (χ1n) is 14.5.